The molecule has 1 nitrogen and oxygen atoms in total. The highest BCUT2D eigenvalue weighted by atomic mass is 35.5. The Labute approximate surface area is 86.5 Å². The predicted molar refractivity (Wildman–Crippen MR) is 57.9 cm³/mol. The van der Waals surface area contributed by atoms with Gasteiger partial charge < -0.3 is 5.11 Å². The Morgan fingerprint density at radius 1 is 1.23 bits per heavy atom. The second kappa shape index (κ2) is 9.89. The Morgan fingerprint density at radius 3 is 2.62 bits per heavy atom. The summed E-state index contributed by atoms with van der Waals surface area (Å²) in [6, 6.07) is 0. The summed E-state index contributed by atoms with van der Waals surface area (Å²) in [7, 11) is 0. The van der Waals surface area contributed by atoms with Crippen LogP contribution >= 0.6 is 11.6 Å². The van der Waals surface area contributed by atoms with Crippen molar-refractivity contribution in [1.82, 2.24) is 0 Å². The molecule has 0 amide bonds. The molecule has 0 heterocycles. The fourth-order valence-corrected chi connectivity index (χ4v) is 1.08. The molecule has 0 fully saturated rings. The van der Waals surface area contributed by atoms with Crippen molar-refractivity contribution in [2.75, 3.05) is 5.88 Å². The number of aliphatic hydroxyl groups excluding tert-OH is 1. The minimum Gasteiger partial charge on any atom is -0.391 e. The minimum absolute atomic E-state index is 0.282. The second-order valence-corrected chi connectivity index (χ2v) is 3.49. The van der Waals surface area contributed by atoms with Crippen LogP contribution in [0.5, 0.6) is 0 Å². The predicted octanol–water partition coefficient (Wildman–Crippen LogP) is 2.95. The molecular weight excluding hydrogens is 184 g/mol. The number of halogens is 1. The van der Waals surface area contributed by atoms with Crippen LogP contribution in [-0.4, -0.2) is 17.1 Å². The van der Waals surface area contributed by atoms with E-state index in [-0.39, 0.29) is 5.88 Å². The summed E-state index contributed by atoms with van der Waals surface area (Å²) in [6.07, 6.45) is 6.02. The maximum absolute atomic E-state index is 9.06. The molecule has 0 aliphatic rings. The van der Waals surface area contributed by atoms with Gasteiger partial charge in [0.25, 0.3) is 0 Å². The van der Waals surface area contributed by atoms with Gasteiger partial charge in [-0.05, 0) is 6.42 Å². The van der Waals surface area contributed by atoms with Crippen LogP contribution < -0.4 is 0 Å². The van der Waals surface area contributed by atoms with E-state index < -0.39 is 6.10 Å². The fraction of sp³-hybridized carbons (Fsp3) is 0.818. The molecular formula is C11H19ClO. The highest BCUT2D eigenvalue weighted by Crippen LogP contribution is 2.01. The van der Waals surface area contributed by atoms with Gasteiger partial charge in [0.1, 0.15) is 0 Å². The number of rotatable bonds is 6. The standard InChI is InChI=1S/C11H19ClO/c1-2-3-4-5-6-7-8-9-11(13)10-12/h11,13H,2-6,9-10H2,1H3. The molecule has 76 valence electrons. The van der Waals surface area contributed by atoms with Crippen molar-refractivity contribution in [3.05, 3.63) is 0 Å². The average Bonchev–Trinajstić information content (AvgIpc) is 2.16. The molecule has 1 N–H and O–H groups in total. The normalized spacial score (nSPS) is 11.9. The van der Waals surface area contributed by atoms with Gasteiger partial charge in [-0.2, -0.15) is 0 Å². The maximum Gasteiger partial charge on any atom is 0.0784 e. The SMILES string of the molecule is CCCCCCC#CCC(O)CCl. The summed E-state index contributed by atoms with van der Waals surface area (Å²) < 4.78 is 0. The van der Waals surface area contributed by atoms with E-state index in [1.807, 2.05) is 0 Å². The highest BCUT2D eigenvalue weighted by Gasteiger charge is 1.96. The van der Waals surface area contributed by atoms with E-state index in [4.69, 9.17) is 16.7 Å². The number of alkyl halides is 1. The summed E-state index contributed by atoms with van der Waals surface area (Å²) in [4.78, 5) is 0. The largest absolute Gasteiger partial charge is 0.391 e. The van der Waals surface area contributed by atoms with Crippen molar-refractivity contribution in [2.45, 2.75) is 51.6 Å². The monoisotopic (exact) mass is 202 g/mol. The third-order valence-corrected chi connectivity index (χ3v) is 2.15. The number of unbranched alkanes of at least 4 members (excludes halogenated alkanes) is 4. The van der Waals surface area contributed by atoms with Crippen LogP contribution in [0.4, 0.5) is 0 Å². The van der Waals surface area contributed by atoms with E-state index in [2.05, 4.69) is 18.8 Å². The molecule has 0 saturated carbocycles. The molecule has 0 spiro atoms. The highest BCUT2D eigenvalue weighted by molar-refractivity contribution is 6.18. The van der Waals surface area contributed by atoms with Crippen LogP contribution in [0.3, 0.4) is 0 Å². The van der Waals surface area contributed by atoms with Crippen LogP contribution in [0.15, 0.2) is 0 Å². The summed E-state index contributed by atoms with van der Waals surface area (Å²) in [5.74, 6) is 6.25. The molecule has 0 aliphatic heterocycles. The van der Waals surface area contributed by atoms with Crippen molar-refractivity contribution in [3.63, 3.8) is 0 Å². The Hall–Kier alpha value is -0.190. The molecule has 0 aromatic carbocycles. The smallest absolute Gasteiger partial charge is 0.0784 e. The van der Waals surface area contributed by atoms with Gasteiger partial charge in [-0.25, -0.2) is 0 Å². The molecule has 0 saturated heterocycles. The molecule has 0 aliphatic carbocycles. The van der Waals surface area contributed by atoms with Gasteiger partial charge in [0, 0.05) is 18.7 Å². The summed E-state index contributed by atoms with van der Waals surface area (Å²) in [5.41, 5.74) is 0. The summed E-state index contributed by atoms with van der Waals surface area (Å²) >= 11 is 5.42. The quantitative estimate of drug-likeness (QED) is 0.399. The van der Waals surface area contributed by atoms with Crippen LogP contribution in [0.25, 0.3) is 0 Å². The Balaban J connectivity index is 3.20. The zero-order valence-electron chi connectivity index (χ0n) is 8.35. The van der Waals surface area contributed by atoms with E-state index in [1.165, 1.54) is 25.7 Å². The molecule has 2 heteroatoms. The fourth-order valence-electron chi connectivity index (χ4n) is 0.973. The van der Waals surface area contributed by atoms with Crippen LogP contribution in [-0.2, 0) is 0 Å². The van der Waals surface area contributed by atoms with Crippen LogP contribution in [0.2, 0.25) is 0 Å². The van der Waals surface area contributed by atoms with Gasteiger partial charge in [0.2, 0.25) is 0 Å². The molecule has 0 aromatic heterocycles. The summed E-state index contributed by atoms with van der Waals surface area (Å²) in [6.45, 7) is 2.20. The van der Waals surface area contributed by atoms with Gasteiger partial charge in [-0.3, -0.25) is 0 Å². The first-order valence-corrected chi connectivity index (χ1v) is 5.54. The number of hydrogen-bond donors (Lipinski definition) is 1. The second-order valence-electron chi connectivity index (χ2n) is 3.18. The molecule has 0 rings (SSSR count). The molecule has 1 atom stereocenters. The van der Waals surface area contributed by atoms with E-state index in [1.54, 1.807) is 0 Å². The molecule has 0 radical (unpaired) electrons. The van der Waals surface area contributed by atoms with Gasteiger partial charge in [-0.15, -0.1) is 23.4 Å². The Morgan fingerprint density at radius 2 is 2.00 bits per heavy atom. The van der Waals surface area contributed by atoms with Crippen molar-refractivity contribution in [1.29, 1.82) is 0 Å². The Kier molecular flexibility index (Phi) is 9.75. The van der Waals surface area contributed by atoms with Gasteiger partial charge in [0.15, 0.2) is 0 Å². The lowest BCUT2D eigenvalue weighted by atomic mass is 10.1. The first-order chi connectivity index (χ1) is 6.31. The number of hydrogen-bond acceptors (Lipinski definition) is 1. The first-order valence-electron chi connectivity index (χ1n) is 5.01. The third-order valence-electron chi connectivity index (χ3n) is 1.80. The van der Waals surface area contributed by atoms with Crippen molar-refractivity contribution in [3.8, 4) is 11.8 Å². The van der Waals surface area contributed by atoms with E-state index >= 15 is 0 Å². The van der Waals surface area contributed by atoms with Gasteiger partial charge in [0.05, 0.1) is 6.10 Å². The van der Waals surface area contributed by atoms with E-state index in [0.29, 0.717) is 6.42 Å². The topological polar surface area (TPSA) is 20.2 Å². The van der Waals surface area contributed by atoms with Gasteiger partial charge in [-0.1, -0.05) is 26.2 Å². The van der Waals surface area contributed by atoms with E-state index in [0.717, 1.165) is 6.42 Å². The van der Waals surface area contributed by atoms with Crippen molar-refractivity contribution in [2.24, 2.45) is 0 Å². The first kappa shape index (κ1) is 12.8. The molecule has 0 aromatic rings. The average molecular weight is 203 g/mol. The Bertz CT molecular complexity index is 157. The van der Waals surface area contributed by atoms with Crippen molar-refractivity contribution >= 4 is 11.6 Å². The van der Waals surface area contributed by atoms with Crippen LogP contribution in [0, 0.1) is 11.8 Å². The number of aliphatic hydroxyl groups is 1. The lowest BCUT2D eigenvalue weighted by Crippen LogP contribution is -2.05. The molecule has 13 heavy (non-hydrogen) atoms. The zero-order valence-corrected chi connectivity index (χ0v) is 9.11. The third kappa shape index (κ3) is 9.73. The van der Waals surface area contributed by atoms with E-state index in [9.17, 15) is 0 Å². The lowest BCUT2D eigenvalue weighted by Gasteiger charge is -1.97. The maximum atomic E-state index is 9.06. The van der Waals surface area contributed by atoms with Crippen LogP contribution in [0.1, 0.15) is 45.4 Å². The zero-order chi connectivity index (χ0) is 9.94. The van der Waals surface area contributed by atoms with Gasteiger partial charge >= 0.3 is 0 Å². The summed E-state index contributed by atoms with van der Waals surface area (Å²) in [5, 5.41) is 9.06. The molecule has 1 unspecified atom stereocenters. The lowest BCUT2D eigenvalue weighted by molar-refractivity contribution is 0.204. The molecule has 0 bridgehead atoms. The van der Waals surface area contributed by atoms with Crippen molar-refractivity contribution < 1.29 is 5.11 Å². The minimum atomic E-state index is -0.454.